The number of anilines is 2. The SMILES string of the molecule is Cc1ccc(N2C(=O)C(Nc3ccc(C(C)C)cc3)=C(c3ccc(C)c(C)c3)C2=O)cc1. The van der Waals surface area contributed by atoms with Crippen molar-refractivity contribution in [1.29, 1.82) is 0 Å². The number of carbonyl (C=O) groups excluding carboxylic acids is 2. The van der Waals surface area contributed by atoms with E-state index in [4.69, 9.17) is 0 Å². The number of carbonyl (C=O) groups is 2. The van der Waals surface area contributed by atoms with Gasteiger partial charge < -0.3 is 5.32 Å². The van der Waals surface area contributed by atoms with E-state index in [1.54, 1.807) is 0 Å². The van der Waals surface area contributed by atoms with Gasteiger partial charge in [0.25, 0.3) is 11.8 Å². The van der Waals surface area contributed by atoms with Crippen LogP contribution in [-0.4, -0.2) is 11.8 Å². The standard InChI is InChI=1S/C28H28N2O2/c1-17(2)21-10-12-23(13-11-21)29-26-25(22-9-8-19(4)20(5)16-22)27(31)30(28(26)32)24-14-6-18(3)7-15-24/h6-17,29H,1-5H3. The lowest BCUT2D eigenvalue weighted by atomic mass is 9.99. The van der Waals surface area contributed by atoms with E-state index in [-0.39, 0.29) is 11.8 Å². The van der Waals surface area contributed by atoms with Crippen LogP contribution in [0.25, 0.3) is 5.57 Å². The van der Waals surface area contributed by atoms with Crippen LogP contribution in [0.5, 0.6) is 0 Å². The zero-order valence-electron chi connectivity index (χ0n) is 19.2. The largest absolute Gasteiger partial charge is 0.350 e. The quantitative estimate of drug-likeness (QED) is 0.501. The fraction of sp³-hybridized carbons (Fsp3) is 0.214. The predicted octanol–water partition coefficient (Wildman–Crippen LogP) is 6.13. The molecule has 0 aromatic heterocycles. The van der Waals surface area contributed by atoms with Crippen LogP contribution in [0.1, 0.15) is 47.6 Å². The lowest BCUT2D eigenvalue weighted by Crippen LogP contribution is -2.32. The molecule has 0 atom stereocenters. The maximum absolute atomic E-state index is 13.5. The minimum Gasteiger partial charge on any atom is -0.350 e. The van der Waals surface area contributed by atoms with Gasteiger partial charge in [-0.25, -0.2) is 4.90 Å². The Hall–Kier alpha value is -3.66. The smallest absolute Gasteiger partial charge is 0.282 e. The van der Waals surface area contributed by atoms with Crippen LogP contribution in [-0.2, 0) is 9.59 Å². The number of hydrogen-bond acceptors (Lipinski definition) is 3. The minimum atomic E-state index is -0.347. The van der Waals surface area contributed by atoms with Crippen LogP contribution in [0.4, 0.5) is 11.4 Å². The normalized spacial score (nSPS) is 14.0. The molecule has 1 aliphatic heterocycles. The second kappa shape index (κ2) is 8.46. The van der Waals surface area contributed by atoms with Gasteiger partial charge in [0.1, 0.15) is 5.70 Å². The Kier molecular flexibility index (Phi) is 5.70. The summed E-state index contributed by atoms with van der Waals surface area (Å²) in [5.41, 5.74) is 7.28. The van der Waals surface area contributed by atoms with Crippen molar-refractivity contribution in [3.8, 4) is 0 Å². The third-order valence-corrected chi connectivity index (χ3v) is 6.02. The number of nitrogens with one attached hydrogen (secondary N) is 1. The number of nitrogens with zero attached hydrogens (tertiary/aromatic N) is 1. The molecule has 162 valence electrons. The molecule has 0 radical (unpaired) electrons. The van der Waals surface area contributed by atoms with Crippen molar-refractivity contribution >= 4 is 28.8 Å². The van der Waals surface area contributed by atoms with Gasteiger partial charge in [0.05, 0.1) is 11.3 Å². The molecule has 0 spiro atoms. The van der Waals surface area contributed by atoms with Crippen LogP contribution in [0.2, 0.25) is 0 Å². The molecule has 4 heteroatoms. The highest BCUT2D eigenvalue weighted by Gasteiger charge is 2.40. The van der Waals surface area contributed by atoms with Crippen LogP contribution in [0.15, 0.2) is 72.4 Å². The number of hydrogen-bond donors (Lipinski definition) is 1. The zero-order valence-corrected chi connectivity index (χ0v) is 19.2. The van der Waals surface area contributed by atoms with Gasteiger partial charge in [-0.15, -0.1) is 0 Å². The number of benzene rings is 3. The maximum Gasteiger partial charge on any atom is 0.282 e. The van der Waals surface area contributed by atoms with Crippen molar-refractivity contribution in [2.75, 3.05) is 10.2 Å². The fourth-order valence-corrected chi connectivity index (χ4v) is 3.83. The van der Waals surface area contributed by atoms with E-state index in [1.807, 2.05) is 87.5 Å². The molecule has 0 saturated heterocycles. The Bertz CT molecular complexity index is 1220. The van der Waals surface area contributed by atoms with Gasteiger partial charge in [-0.2, -0.15) is 0 Å². The summed E-state index contributed by atoms with van der Waals surface area (Å²) < 4.78 is 0. The van der Waals surface area contributed by atoms with Gasteiger partial charge >= 0.3 is 0 Å². The fourth-order valence-electron chi connectivity index (χ4n) is 3.83. The Labute approximate surface area is 189 Å². The van der Waals surface area contributed by atoms with Crippen molar-refractivity contribution in [3.63, 3.8) is 0 Å². The summed E-state index contributed by atoms with van der Waals surface area (Å²) in [5.74, 6) is -0.246. The summed E-state index contributed by atoms with van der Waals surface area (Å²) in [6.07, 6.45) is 0. The molecule has 1 heterocycles. The van der Waals surface area contributed by atoms with E-state index in [2.05, 4.69) is 19.2 Å². The Morgan fingerprint density at radius 2 is 1.41 bits per heavy atom. The first-order chi connectivity index (χ1) is 15.3. The van der Waals surface area contributed by atoms with Gasteiger partial charge in [0, 0.05) is 5.69 Å². The van der Waals surface area contributed by atoms with Gasteiger partial charge in [0.15, 0.2) is 0 Å². The van der Waals surface area contributed by atoms with Crippen molar-refractivity contribution in [1.82, 2.24) is 0 Å². The molecule has 0 bridgehead atoms. The van der Waals surface area contributed by atoms with Crippen LogP contribution in [0.3, 0.4) is 0 Å². The molecular formula is C28H28N2O2. The molecule has 2 amide bonds. The first-order valence-electron chi connectivity index (χ1n) is 10.9. The van der Waals surface area contributed by atoms with Crippen molar-refractivity contribution in [3.05, 3.63) is 100 Å². The van der Waals surface area contributed by atoms with E-state index in [0.29, 0.717) is 22.9 Å². The Balaban J connectivity index is 1.80. The molecule has 3 aromatic rings. The lowest BCUT2D eigenvalue weighted by Gasteiger charge is -2.16. The van der Waals surface area contributed by atoms with Gasteiger partial charge in [-0.05, 0) is 73.2 Å². The van der Waals surface area contributed by atoms with Gasteiger partial charge in [0.2, 0.25) is 0 Å². The minimum absolute atomic E-state index is 0.302. The summed E-state index contributed by atoms with van der Waals surface area (Å²) in [7, 11) is 0. The van der Waals surface area contributed by atoms with Crippen LogP contribution < -0.4 is 10.2 Å². The number of imide groups is 1. The van der Waals surface area contributed by atoms with E-state index in [9.17, 15) is 9.59 Å². The molecule has 0 saturated carbocycles. The zero-order chi connectivity index (χ0) is 23.0. The third kappa shape index (κ3) is 3.96. The lowest BCUT2D eigenvalue weighted by molar-refractivity contribution is -0.120. The van der Waals surface area contributed by atoms with Crippen molar-refractivity contribution in [2.24, 2.45) is 0 Å². The average molecular weight is 425 g/mol. The Morgan fingerprint density at radius 1 is 0.750 bits per heavy atom. The molecule has 0 aliphatic carbocycles. The van der Waals surface area contributed by atoms with Crippen molar-refractivity contribution in [2.45, 2.75) is 40.5 Å². The van der Waals surface area contributed by atoms with E-state index in [0.717, 1.165) is 27.9 Å². The molecular weight excluding hydrogens is 396 g/mol. The molecule has 1 N–H and O–H groups in total. The highest BCUT2D eigenvalue weighted by atomic mass is 16.2. The van der Waals surface area contributed by atoms with Crippen LogP contribution >= 0.6 is 0 Å². The highest BCUT2D eigenvalue weighted by molar-refractivity contribution is 6.46. The maximum atomic E-state index is 13.5. The first kappa shape index (κ1) is 21.6. The molecule has 0 unspecified atom stereocenters. The number of rotatable bonds is 5. The molecule has 1 aliphatic rings. The van der Waals surface area contributed by atoms with Crippen LogP contribution in [0, 0.1) is 20.8 Å². The monoisotopic (exact) mass is 424 g/mol. The summed E-state index contributed by atoms with van der Waals surface area (Å²) in [4.78, 5) is 28.3. The van der Waals surface area contributed by atoms with Gasteiger partial charge in [-0.1, -0.05) is 61.9 Å². The third-order valence-electron chi connectivity index (χ3n) is 6.02. The summed E-state index contributed by atoms with van der Waals surface area (Å²) in [6.45, 7) is 10.3. The molecule has 32 heavy (non-hydrogen) atoms. The molecule has 0 fully saturated rings. The second-order valence-corrected chi connectivity index (χ2v) is 8.73. The Morgan fingerprint density at radius 3 is 2.00 bits per heavy atom. The van der Waals surface area contributed by atoms with E-state index in [1.165, 1.54) is 10.5 Å². The first-order valence-corrected chi connectivity index (χ1v) is 10.9. The van der Waals surface area contributed by atoms with E-state index >= 15 is 0 Å². The van der Waals surface area contributed by atoms with Crippen molar-refractivity contribution < 1.29 is 9.59 Å². The number of aryl methyl sites for hydroxylation is 3. The summed E-state index contributed by atoms with van der Waals surface area (Å²) >= 11 is 0. The number of amides is 2. The second-order valence-electron chi connectivity index (χ2n) is 8.73. The predicted molar refractivity (Wildman–Crippen MR) is 131 cm³/mol. The van der Waals surface area contributed by atoms with E-state index < -0.39 is 0 Å². The summed E-state index contributed by atoms with van der Waals surface area (Å²) in [6, 6.07) is 21.3. The molecule has 4 nitrogen and oxygen atoms in total. The molecule has 3 aromatic carbocycles. The highest BCUT2D eigenvalue weighted by Crippen LogP contribution is 2.34. The molecule has 4 rings (SSSR count). The van der Waals surface area contributed by atoms with Gasteiger partial charge in [-0.3, -0.25) is 9.59 Å². The summed E-state index contributed by atoms with van der Waals surface area (Å²) in [5, 5.41) is 3.25. The average Bonchev–Trinajstić information content (AvgIpc) is 3.01. The topological polar surface area (TPSA) is 49.4 Å².